The van der Waals surface area contributed by atoms with Gasteiger partial charge in [-0.1, -0.05) is 61.2 Å². The van der Waals surface area contributed by atoms with Crippen molar-refractivity contribution in [2.45, 2.75) is 23.8 Å². The summed E-state index contributed by atoms with van der Waals surface area (Å²) < 4.78 is 0. The first kappa shape index (κ1) is 17.8. The largest absolute Gasteiger partial charge is 0.333 e. The number of aromatic amines is 1. The summed E-state index contributed by atoms with van der Waals surface area (Å²) in [6, 6.07) is 17.8. The molecule has 0 saturated heterocycles. The van der Waals surface area contributed by atoms with Crippen LogP contribution in [0.3, 0.4) is 0 Å². The lowest BCUT2D eigenvalue weighted by molar-refractivity contribution is -0.115. The quantitative estimate of drug-likeness (QED) is 0.441. The topological polar surface area (TPSA) is 70.7 Å². The molecule has 0 fully saturated rings. The number of aromatic nitrogens is 3. The van der Waals surface area contributed by atoms with Crippen LogP contribution in [0.5, 0.6) is 0 Å². The number of amides is 1. The van der Waals surface area contributed by atoms with E-state index in [0.717, 1.165) is 27.4 Å². The summed E-state index contributed by atoms with van der Waals surface area (Å²) in [4.78, 5) is 25.0. The van der Waals surface area contributed by atoms with Crippen molar-refractivity contribution in [1.82, 2.24) is 15.0 Å². The molecule has 2 aromatic carbocycles. The van der Waals surface area contributed by atoms with Crippen LogP contribution in [0, 0.1) is 0 Å². The average Bonchev–Trinajstić information content (AvgIpc) is 3.33. The minimum atomic E-state index is -0.241. The number of hydrogen-bond acceptors (Lipinski definition) is 5. The summed E-state index contributed by atoms with van der Waals surface area (Å²) in [6.45, 7) is 2.00. The van der Waals surface area contributed by atoms with E-state index in [-0.39, 0.29) is 11.2 Å². The molecule has 0 aliphatic heterocycles. The van der Waals surface area contributed by atoms with Crippen LogP contribution < -0.4 is 5.32 Å². The molecule has 4 aromatic rings. The number of carbonyl (C=O) groups excluding carboxylic acids is 1. The highest BCUT2D eigenvalue weighted by molar-refractivity contribution is 8.00. The molecule has 136 valence electrons. The molecule has 0 radical (unpaired) electrons. The molecular weight excluding hydrogens is 376 g/mol. The Morgan fingerprint density at radius 1 is 1.15 bits per heavy atom. The van der Waals surface area contributed by atoms with Crippen LogP contribution in [0.15, 0.2) is 65.1 Å². The second-order valence-corrected chi connectivity index (χ2v) is 8.02. The van der Waals surface area contributed by atoms with Crippen molar-refractivity contribution in [2.75, 3.05) is 5.32 Å². The molecule has 0 aliphatic carbocycles. The molecule has 1 amide bonds. The van der Waals surface area contributed by atoms with Crippen LogP contribution in [0.1, 0.15) is 13.3 Å². The molecule has 1 unspecified atom stereocenters. The minimum absolute atomic E-state index is 0.0584. The molecule has 2 heterocycles. The average molecular weight is 395 g/mol. The smallest absolute Gasteiger partial charge is 0.239 e. The van der Waals surface area contributed by atoms with Gasteiger partial charge in [0.2, 0.25) is 5.91 Å². The number of rotatable bonds is 6. The molecule has 1 atom stereocenters. The van der Waals surface area contributed by atoms with Crippen LogP contribution in [-0.4, -0.2) is 26.1 Å². The first-order chi connectivity index (χ1) is 13.2. The fourth-order valence-electron chi connectivity index (χ4n) is 2.70. The Morgan fingerprint density at radius 2 is 1.93 bits per heavy atom. The highest BCUT2D eigenvalue weighted by atomic mass is 32.2. The number of anilines is 1. The van der Waals surface area contributed by atoms with Crippen molar-refractivity contribution in [3.05, 3.63) is 60.0 Å². The van der Waals surface area contributed by atoms with E-state index in [2.05, 4.69) is 20.3 Å². The first-order valence-electron chi connectivity index (χ1n) is 8.66. The maximum absolute atomic E-state index is 12.7. The molecule has 4 rings (SSSR count). The zero-order valence-corrected chi connectivity index (χ0v) is 16.3. The van der Waals surface area contributed by atoms with Crippen LogP contribution >= 0.6 is 23.1 Å². The number of benzene rings is 2. The highest BCUT2D eigenvalue weighted by Crippen LogP contribution is 2.28. The Labute approximate surface area is 165 Å². The van der Waals surface area contributed by atoms with E-state index in [1.165, 1.54) is 23.1 Å². The first-order valence-corrected chi connectivity index (χ1v) is 10.4. The van der Waals surface area contributed by atoms with Gasteiger partial charge < -0.3 is 10.3 Å². The highest BCUT2D eigenvalue weighted by Gasteiger charge is 2.21. The van der Waals surface area contributed by atoms with E-state index >= 15 is 0 Å². The van der Waals surface area contributed by atoms with E-state index in [1.54, 1.807) is 0 Å². The van der Waals surface area contributed by atoms with Crippen molar-refractivity contribution in [1.29, 1.82) is 0 Å². The minimum Gasteiger partial charge on any atom is -0.333 e. The fourth-order valence-corrected chi connectivity index (χ4v) is 4.35. The van der Waals surface area contributed by atoms with Crippen molar-refractivity contribution in [3.8, 4) is 11.3 Å². The Balaban J connectivity index is 1.45. The Hall–Kier alpha value is -2.64. The van der Waals surface area contributed by atoms with Gasteiger partial charge in [0, 0.05) is 10.9 Å². The summed E-state index contributed by atoms with van der Waals surface area (Å²) in [5.74, 6) is -0.0584. The van der Waals surface area contributed by atoms with Crippen LogP contribution in [0.2, 0.25) is 0 Å². The normalized spacial score (nSPS) is 12.2. The van der Waals surface area contributed by atoms with Gasteiger partial charge in [-0.15, -0.1) is 11.3 Å². The summed E-state index contributed by atoms with van der Waals surface area (Å²) in [5.41, 5.74) is 3.79. The van der Waals surface area contributed by atoms with Gasteiger partial charge in [0.25, 0.3) is 0 Å². The molecule has 0 saturated carbocycles. The Morgan fingerprint density at radius 3 is 2.70 bits per heavy atom. The number of thioether (sulfide) groups is 1. The number of carbonyl (C=O) groups is 1. The zero-order valence-electron chi connectivity index (χ0n) is 14.7. The molecule has 0 bridgehead atoms. The molecule has 2 aromatic heterocycles. The van der Waals surface area contributed by atoms with Gasteiger partial charge >= 0.3 is 0 Å². The summed E-state index contributed by atoms with van der Waals surface area (Å²) >= 11 is 2.88. The van der Waals surface area contributed by atoms with Gasteiger partial charge in [0.15, 0.2) is 10.3 Å². The van der Waals surface area contributed by atoms with Gasteiger partial charge in [-0.2, -0.15) is 0 Å². The predicted octanol–water partition coefficient (Wildman–Crippen LogP) is 5.20. The van der Waals surface area contributed by atoms with E-state index in [1.807, 2.05) is 66.9 Å². The van der Waals surface area contributed by atoms with Crippen molar-refractivity contribution < 1.29 is 4.79 Å². The van der Waals surface area contributed by atoms with E-state index < -0.39 is 0 Å². The van der Waals surface area contributed by atoms with Gasteiger partial charge in [0.05, 0.1) is 22.0 Å². The number of nitrogens with one attached hydrogen (secondary N) is 2. The number of nitrogens with zero attached hydrogens (tertiary/aromatic N) is 2. The number of para-hydroxylation sites is 2. The molecule has 27 heavy (non-hydrogen) atoms. The lowest BCUT2D eigenvalue weighted by atomic mass is 10.2. The van der Waals surface area contributed by atoms with E-state index in [9.17, 15) is 4.79 Å². The van der Waals surface area contributed by atoms with Crippen LogP contribution in [0.4, 0.5) is 5.13 Å². The predicted molar refractivity (Wildman–Crippen MR) is 112 cm³/mol. The molecule has 0 aliphatic rings. The summed E-state index contributed by atoms with van der Waals surface area (Å²) in [6.07, 6.45) is 0.699. The van der Waals surface area contributed by atoms with E-state index in [4.69, 9.17) is 0 Å². The molecule has 5 nitrogen and oxygen atoms in total. The number of thiazole rings is 1. The lowest BCUT2D eigenvalue weighted by Crippen LogP contribution is -2.24. The molecule has 2 N–H and O–H groups in total. The SMILES string of the molecule is CCC(Sc1nc2ccccc2[nH]1)C(=O)Nc1nc(-c2ccccc2)cs1. The van der Waals surface area contributed by atoms with Crippen molar-refractivity contribution >= 4 is 45.2 Å². The van der Waals surface area contributed by atoms with E-state index in [0.29, 0.717) is 11.6 Å². The maximum atomic E-state index is 12.7. The van der Waals surface area contributed by atoms with Gasteiger partial charge in [0.1, 0.15) is 0 Å². The number of fused-ring (bicyclic) bond motifs is 1. The van der Waals surface area contributed by atoms with Crippen molar-refractivity contribution in [2.24, 2.45) is 0 Å². The summed E-state index contributed by atoms with van der Waals surface area (Å²) in [5, 5.41) is 6.02. The number of imidazole rings is 1. The Bertz CT molecular complexity index is 1020. The number of hydrogen-bond donors (Lipinski definition) is 2. The maximum Gasteiger partial charge on any atom is 0.239 e. The monoisotopic (exact) mass is 394 g/mol. The Kier molecular flexibility index (Phi) is 5.22. The summed E-state index contributed by atoms with van der Waals surface area (Å²) in [7, 11) is 0. The van der Waals surface area contributed by atoms with Crippen LogP contribution in [-0.2, 0) is 4.79 Å². The van der Waals surface area contributed by atoms with Gasteiger partial charge in [-0.3, -0.25) is 4.79 Å². The third-order valence-electron chi connectivity index (χ3n) is 4.09. The molecule has 0 spiro atoms. The third kappa shape index (κ3) is 4.04. The van der Waals surface area contributed by atoms with Gasteiger partial charge in [-0.05, 0) is 18.6 Å². The molecular formula is C20H18N4OS2. The number of H-pyrrole nitrogens is 1. The van der Waals surface area contributed by atoms with Gasteiger partial charge in [-0.25, -0.2) is 9.97 Å². The molecule has 7 heteroatoms. The second-order valence-electron chi connectivity index (χ2n) is 5.97. The lowest BCUT2D eigenvalue weighted by Gasteiger charge is -2.11. The third-order valence-corrected chi connectivity index (χ3v) is 6.09. The van der Waals surface area contributed by atoms with Crippen LogP contribution in [0.25, 0.3) is 22.3 Å². The van der Waals surface area contributed by atoms with Crippen molar-refractivity contribution in [3.63, 3.8) is 0 Å². The zero-order chi connectivity index (χ0) is 18.6. The fraction of sp³-hybridized carbons (Fsp3) is 0.150. The standard InChI is InChI=1S/C20H18N4OS2/c1-2-17(27-20-21-14-10-6-7-11-15(14)22-20)18(25)24-19-23-16(12-26-19)13-8-4-3-5-9-13/h3-12,17H,2H2,1H3,(H,21,22)(H,23,24,25). The second kappa shape index (κ2) is 7.94.